The van der Waals surface area contributed by atoms with Gasteiger partial charge in [-0.3, -0.25) is 4.72 Å². The van der Waals surface area contributed by atoms with E-state index in [4.69, 9.17) is 5.11 Å². The molecule has 0 aliphatic heterocycles. The van der Waals surface area contributed by atoms with E-state index in [9.17, 15) is 8.42 Å². The van der Waals surface area contributed by atoms with E-state index in [-0.39, 0.29) is 17.3 Å². The summed E-state index contributed by atoms with van der Waals surface area (Å²) in [5, 5.41) is 16.3. The van der Waals surface area contributed by atoms with Crippen molar-refractivity contribution in [2.45, 2.75) is 18.4 Å². The monoisotopic (exact) mass is 279 g/mol. The van der Waals surface area contributed by atoms with Crippen LogP contribution in [0.25, 0.3) is 0 Å². The number of rotatable bonds is 4. The Morgan fingerprint density at radius 2 is 2.11 bits per heavy atom. The van der Waals surface area contributed by atoms with Gasteiger partial charge in [0.25, 0.3) is 10.0 Å². The second-order valence-electron chi connectivity index (χ2n) is 3.97. The summed E-state index contributed by atoms with van der Waals surface area (Å²) in [4.78, 5) is 0.115. The standard InChI is InChI=1S/C12H13N3O3S/c1-9-4-5-10(8-16)7-11(9)19(17,18)15-12-3-2-6-13-14-12/h2-7,16H,8H2,1H3,(H,14,15). The molecule has 19 heavy (non-hydrogen) atoms. The molecule has 6 nitrogen and oxygen atoms in total. The maximum absolute atomic E-state index is 12.2. The summed E-state index contributed by atoms with van der Waals surface area (Å²) in [6.45, 7) is 1.47. The minimum absolute atomic E-state index is 0.115. The molecule has 100 valence electrons. The molecule has 1 aromatic carbocycles. The van der Waals surface area contributed by atoms with Gasteiger partial charge in [0.2, 0.25) is 0 Å². The molecule has 2 rings (SSSR count). The smallest absolute Gasteiger partial charge is 0.263 e. The Balaban J connectivity index is 2.39. The summed E-state index contributed by atoms with van der Waals surface area (Å²) in [6, 6.07) is 7.86. The largest absolute Gasteiger partial charge is 0.392 e. The summed E-state index contributed by atoms with van der Waals surface area (Å²) in [5.41, 5.74) is 1.12. The van der Waals surface area contributed by atoms with Crippen molar-refractivity contribution in [3.63, 3.8) is 0 Å². The molecule has 0 aliphatic rings. The molecule has 1 aromatic heterocycles. The Labute approximate surface area is 111 Å². The fraction of sp³-hybridized carbons (Fsp3) is 0.167. The molecule has 0 amide bonds. The molecule has 2 N–H and O–H groups in total. The lowest BCUT2D eigenvalue weighted by atomic mass is 10.2. The van der Waals surface area contributed by atoms with Gasteiger partial charge in [-0.1, -0.05) is 12.1 Å². The zero-order valence-electron chi connectivity index (χ0n) is 10.2. The van der Waals surface area contributed by atoms with Gasteiger partial charge in [-0.15, -0.1) is 5.10 Å². The van der Waals surface area contributed by atoms with Crippen molar-refractivity contribution in [1.29, 1.82) is 0 Å². The van der Waals surface area contributed by atoms with Gasteiger partial charge in [-0.25, -0.2) is 8.42 Å². The van der Waals surface area contributed by atoms with Gasteiger partial charge in [-0.05, 0) is 36.2 Å². The second-order valence-corrected chi connectivity index (χ2v) is 5.62. The van der Waals surface area contributed by atoms with Gasteiger partial charge >= 0.3 is 0 Å². The molecule has 0 unspecified atom stereocenters. The fourth-order valence-corrected chi connectivity index (χ4v) is 2.87. The Bertz CT molecular complexity index is 672. The van der Waals surface area contributed by atoms with Crippen LogP contribution in [0.5, 0.6) is 0 Å². The molecule has 0 bridgehead atoms. The molecule has 0 aliphatic carbocycles. The number of benzene rings is 1. The van der Waals surface area contributed by atoms with Gasteiger partial charge in [-0.2, -0.15) is 5.10 Å². The van der Waals surface area contributed by atoms with Gasteiger partial charge in [0, 0.05) is 6.20 Å². The molecular formula is C12H13N3O3S. The van der Waals surface area contributed by atoms with Crippen LogP contribution in [0.3, 0.4) is 0 Å². The minimum Gasteiger partial charge on any atom is -0.392 e. The maximum Gasteiger partial charge on any atom is 0.263 e. The van der Waals surface area contributed by atoms with Gasteiger partial charge in [0.05, 0.1) is 11.5 Å². The molecular weight excluding hydrogens is 266 g/mol. The SMILES string of the molecule is Cc1ccc(CO)cc1S(=O)(=O)Nc1cccnn1. The first-order valence-corrected chi connectivity index (χ1v) is 7.02. The van der Waals surface area contributed by atoms with E-state index < -0.39 is 10.0 Å². The first-order valence-electron chi connectivity index (χ1n) is 5.54. The highest BCUT2D eigenvalue weighted by molar-refractivity contribution is 7.92. The molecule has 0 atom stereocenters. The Morgan fingerprint density at radius 3 is 2.74 bits per heavy atom. The van der Waals surface area contributed by atoms with Crippen molar-refractivity contribution >= 4 is 15.8 Å². The van der Waals surface area contributed by atoms with E-state index in [1.165, 1.54) is 18.3 Å². The molecule has 2 aromatic rings. The van der Waals surface area contributed by atoms with E-state index in [2.05, 4.69) is 14.9 Å². The zero-order chi connectivity index (χ0) is 13.9. The molecule has 0 saturated carbocycles. The van der Waals surface area contributed by atoms with Crippen LogP contribution in [0.2, 0.25) is 0 Å². The first-order chi connectivity index (χ1) is 9.03. The van der Waals surface area contributed by atoms with E-state index in [1.54, 1.807) is 25.1 Å². The lowest BCUT2D eigenvalue weighted by Crippen LogP contribution is -2.15. The van der Waals surface area contributed by atoms with Crippen molar-refractivity contribution in [2.75, 3.05) is 4.72 Å². The topological polar surface area (TPSA) is 92.2 Å². The van der Waals surface area contributed by atoms with E-state index in [1.807, 2.05) is 0 Å². The number of aliphatic hydroxyl groups is 1. The van der Waals surface area contributed by atoms with Crippen LogP contribution in [0.1, 0.15) is 11.1 Å². The lowest BCUT2D eigenvalue weighted by Gasteiger charge is -2.10. The highest BCUT2D eigenvalue weighted by atomic mass is 32.2. The highest BCUT2D eigenvalue weighted by Crippen LogP contribution is 2.19. The molecule has 7 heteroatoms. The molecule has 0 saturated heterocycles. The lowest BCUT2D eigenvalue weighted by molar-refractivity contribution is 0.281. The molecule has 1 heterocycles. The van der Waals surface area contributed by atoms with E-state index >= 15 is 0 Å². The average molecular weight is 279 g/mol. The third kappa shape index (κ3) is 3.07. The van der Waals surface area contributed by atoms with Crippen LogP contribution in [-0.4, -0.2) is 23.7 Å². The Hall–Kier alpha value is -1.99. The van der Waals surface area contributed by atoms with Crippen molar-refractivity contribution < 1.29 is 13.5 Å². The summed E-state index contributed by atoms with van der Waals surface area (Å²) in [7, 11) is -3.74. The van der Waals surface area contributed by atoms with Gasteiger partial charge in [0.15, 0.2) is 5.82 Å². The molecule has 0 spiro atoms. The van der Waals surface area contributed by atoms with Gasteiger partial charge in [0.1, 0.15) is 0 Å². The maximum atomic E-state index is 12.2. The van der Waals surface area contributed by atoms with Crippen molar-refractivity contribution in [2.24, 2.45) is 0 Å². The van der Waals surface area contributed by atoms with Crippen LogP contribution in [0.4, 0.5) is 5.82 Å². The fourth-order valence-electron chi connectivity index (χ4n) is 1.58. The van der Waals surface area contributed by atoms with Crippen LogP contribution in [-0.2, 0) is 16.6 Å². The third-order valence-corrected chi connectivity index (χ3v) is 4.03. The average Bonchev–Trinajstić information content (AvgIpc) is 2.39. The number of hydrogen-bond donors (Lipinski definition) is 2. The summed E-state index contributed by atoms with van der Waals surface area (Å²) in [5.74, 6) is 0.149. The number of sulfonamides is 1. The first kappa shape index (κ1) is 13.4. The Morgan fingerprint density at radius 1 is 1.32 bits per heavy atom. The number of aryl methyl sites for hydroxylation is 1. The minimum atomic E-state index is -3.74. The van der Waals surface area contributed by atoms with Gasteiger partial charge < -0.3 is 5.11 Å². The summed E-state index contributed by atoms with van der Waals surface area (Å²) in [6.07, 6.45) is 1.45. The van der Waals surface area contributed by atoms with Crippen molar-refractivity contribution in [1.82, 2.24) is 10.2 Å². The second kappa shape index (κ2) is 5.33. The number of hydrogen-bond acceptors (Lipinski definition) is 5. The van der Waals surface area contributed by atoms with Crippen LogP contribution in [0, 0.1) is 6.92 Å². The van der Waals surface area contributed by atoms with Crippen molar-refractivity contribution in [3.8, 4) is 0 Å². The van der Waals surface area contributed by atoms with E-state index in [0.29, 0.717) is 11.1 Å². The predicted octanol–water partition coefficient (Wildman–Crippen LogP) is 1.08. The van der Waals surface area contributed by atoms with Crippen molar-refractivity contribution in [3.05, 3.63) is 47.7 Å². The number of nitrogens with one attached hydrogen (secondary N) is 1. The van der Waals surface area contributed by atoms with Crippen LogP contribution in [0.15, 0.2) is 41.4 Å². The normalized spacial score (nSPS) is 11.3. The predicted molar refractivity (Wildman–Crippen MR) is 69.9 cm³/mol. The zero-order valence-corrected chi connectivity index (χ0v) is 11.1. The Kier molecular flexibility index (Phi) is 3.77. The third-order valence-electron chi connectivity index (χ3n) is 2.54. The summed E-state index contributed by atoms with van der Waals surface area (Å²) < 4.78 is 26.8. The molecule has 0 radical (unpaired) electrons. The van der Waals surface area contributed by atoms with E-state index in [0.717, 1.165) is 0 Å². The van der Waals surface area contributed by atoms with Crippen LogP contribution < -0.4 is 4.72 Å². The number of aromatic nitrogens is 2. The number of nitrogens with zero attached hydrogens (tertiary/aromatic N) is 2. The quantitative estimate of drug-likeness (QED) is 0.873. The van der Waals surface area contributed by atoms with Crippen LogP contribution >= 0.6 is 0 Å². The number of anilines is 1. The summed E-state index contributed by atoms with van der Waals surface area (Å²) >= 11 is 0. The molecule has 0 fully saturated rings. The number of aliphatic hydroxyl groups excluding tert-OH is 1. The highest BCUT2D eigenvalue weighted by Gasteiger charge is 2.18.